The van der Waals surface area contributed by atoms with Crippen molar-refractivity contribution in [3.05, 3.63) is 0 Å². The molecule has 11 heavy (non-hydrogen) atoms. The molecule has 0 aromatic heterocycles. The van der Waals surface area contributed by atoms with Crippen molar-refractivity contribution < 1.29 is 5.11 Å². The van der Waals surface area contributed by atoms with Crippen LogP contribution in [0, 0.1) is 11.3 Å². The van der Waals surface area contributed by atoms with Crippen molar-refractivity contribution in [2.75, 3.05) is 0 Å². The minimum absolute atomic E-state index is 0.00810. The standard InChI is InChI=1S/C9H21NO/c1-6(7(2)11)9(4,5)8(3)10/h6-8,11H,10H2,1-5H3/t6-,7-,8-/m0/s1. The Morgan fingerprint density at radius 2 is 1.55 bits per heavy atom. The summed E-state index contributed by atoms with van der Waals surface area (Å²) in [5.41, 5.74) is 5.81. The largest absolute Gasteiger partial charge is 0.393 e. The molecule has 0 bridgehead atoms. The van der Waals surface area contributed by atoms with Crippen molar-refractivity contribution >= 4 is 0 Å². The molecule has 3 atom stereocenters. The third-order valence-electron chi connectivity index (χ3n) is 3.07. The van der Waals surface area contributed by atoms with Crippen LogP contribution >= 0.6 is 0 Å². The van der Waals surface area contributed by atoms with E-state index in [2.05, 4.69) is 13.8 Å². The summed E-state index contributed by atoms with van der Waals surface area (Å²) in [6.07, 6.45) is -0.281. The van der Waals surface area contributed by atoms with Crippen LogP contribution in [0.3, 0.4) is 0 Å². The van der Waals surface area contributed by atoms with E-state index in [-0.39, 0.29) is 23.5 Å². The van der Waals surface area contributed by atoms with Crippen LogP contribution in [0.5, 0.6) is 0 Å². The van der Waals surface area contributed by atoms with Crippen LogP contribution in [0.2, 0.25) is 0 Å². The topological polar surface area (TPSA) is 46.2 Å². The summed E-state index contributed by atoms with van der Waals surface area (Å²) in [5, 5.41) is 9.35. The second kappa shape index (κ2) is 3.55. The number of hydrogen-bond acceptors (Lipinski definition) is 2. The van der Waals surface area contributed by atoms with E-state index in [9.17, 15) is 5.11 Å². The monoisotopic (exact) mass is 159 g/mol. The van der Waals surface area contributed by atoms with Gasteiger partial charge < -0.3 is 10.8 Å². The SMILES string of the molecule is C[C@H](O)[C@H](C)C(C)(C)[C@H](C)N. The zero-order chi connectivity index (χ0) is 9.23. The average molecular weight is 159 g/mol. The van der Waals surface area contributed by atoms with E-state index in [1.807, 2.05) is 20.8 Å². The van der Waals surface area contributed by atoms with Crippen LogP contribution in [-0.2, 0) is 0 Å². The Bertz CT molecular complexity index is 119. The molecule has 0 radical (unpaired) electrons. The van der Waals surface area contributed by atoms with Crippen LogP contribution in [0.4, 0.5) is 0 Å². The highest BCUT2D eigenvalue weighted by Gasteiger charge is 2.32. The molecule has 0 aliphatic carbocycles. The van der Waals surface area contributed by atoms with Gasteiger partial charge in [-0.15, -0.1) is 0 Å². The summed E-state index contributed by atoms with van der Waals surface area (Å²) in [6.45, 7) is 10.0. The number of rotatable bonds is 3. The molecular formula is C9H21NO. The predicted molar refractivity (Wildman–Crippen MR) is 48.3 cm³/mol. The number of aliphatic hydroxyl groups excluding tert-OH is 1. The van der Waals surface area contributed by atoms with Crippen LogP contribution in [0.25, 0.3) is 0 Å². The Morgan fingerprint density at radius 1 is 1.18 bits per heavy atom. The lowest BCUT2D eigenvalue weighted by Gasteiger charge is -2.37. The van der Waals surface area contributed by atoms with E-state index < -0.39 is 0 Å². The molecule has 0 heterocycles. The maximum Gasteiger partial charge on any atom is 0.0543 e. The van der Waals surface area contributed by atoms with E-state index in [1.54, 1.807) is 0 Å². The third kappa shape index (κ3) is 2.46. The summed E-state index contributed by atoms with van der Waals surface area (Å²) in [4.78, 5) is 0. The van der Waals surface area contributed by atoms with E-state index in [1.165, 1.54) is 0 Å². The molecule has 0 rings (SSSR count). The van der Waals surface area contributed by atoms with Crippen molar-refractivity contribution in [3.8, 4) is 0 Å². The molecule has 0 saturated carbocycles. The molecule has 2 nitrogen and oxygen atoms in total. The maximum atomic E-state index is 9.35. The van der Waals surface area contributed by atoms with Gasteiger partial charge in [0.1, 0.15) is 0 Å². The van der Waals surface area contributed by atoms with E-state index in [0.717, 1.165) is 0 Å². The highest BCUT2D eigenvalue weighted by atomic mass is 16.3. The van der Waals surface area contributed by atoms with E-state index >= 15 is 0 Å². The fourth-order valence-corrected chi connectivity index (χ4v) is 1.04. The first-order chi connectivity index (χ1) is 4.80. The lowest BCUT2D eigenvalue weighted by Crippen LogP contribution is -2.43. The lowest BCUT2D eigenvalue weighted by atomic mass is 9.72. The first kappa shape index (κ1) is 10.9. The molecule has 2 heteroatoms. The van der Waals surface area contributed by atoms with Crippen LogP contribution in [-0.4, -0.2) is 17.3 Å². The van der Waals surface area contributed by atoms with E-state index in [4.69, 9.17) is 5.73 Å². The Morgan fingerprint density at radius 3 is 1.64 bits per heavy atom. The van der Waals surface area contributed by atoms with Crippen molar-refractivity contribution in [2.45, 2.75) is 46.8 Å². The minimum Gasteiger partial charge on any atom is -0.393 e. The van der Waals surface area contributed by atoms with Gasteiger partial charge in [-0.05, 0) is 25.2 Å². The molecule has 0 saturated heterocycles. The zero-order valence-corrected chi connectivity index (χ0v) is 8.26. The molecular weight excluding hydrogens is 138 g/mol. The fraction of sp³-hybridized carbons (Fsp3) is 1.00. The van der Waals surface area contributed by atoms with Gasteiger partial charge in [-0.25, -0.2) is 0 Å². The summed E-state index contributed by atoms with van der Waals surface area (Å²) in [6, 6.07) is 0.118. The van der Waals surface area contributed by atoms with Crippen molar-refractivity contribution in [3.63, 3.8) is 0 Å². The summed E-state index contributed by atoms with van der Waals surface area (Å²) in [5.74, 6) is 0.238. The molecule has 0 aromatic carbocycles. The number of aliphatic hydroxyl groups is 1. The second-order valence-electron chi connectivity index (χ2n) is 4.14. The van der Waals surface area contributed by atoms with Gasteiger partial charge in [0.25, 0.3) is 0 Å². The molecule has 0 unspecified atom stereocenters. The van der Waals surface area contributed by atoms with Crippen molar-refractivity contribution in [1.82, 2.24) is 0 Å². The first-order valence-corrected chi connectivity index (χ1v) is 4.23. The van der Waals surface area contributed by atoms with Crippen molar-refractivity contribution in [1.29, 1.82) is 0 Å². The highest BCUT2D eigenvalue weighted by Crippen LogP contribution is 2.31. The minimum atomic E-state index is -0.281. The molecule has 0 aromatic rings. The molecule has 0 spiro atoms. The molecule has 0 amide bonds. The van der Waals surface area contributed by atoms with Gasteiger partial charge in [-0.2, -0.15) is 0 Å². The second-order valence-corrected chi connectivity index (χ2v) is 4.14. The number of hydrogen-bond donors (Lipinski definition) is 2. The molecule has 0 fully saturated rings. The summed E-state index contributed by atoms with van der Waals surface area (Å²) >= 11 is 0. The smallest absolute Gasteiger partial charge is 0.0543 e. The van der Waals surface area contributed by atoms with Gasteiger partial charge in [0, 0.05) is 6.04 Å². The van der Waals surface area contributed by atoms with Crippen LogP contribution in [0.15, 0.2) is 0 Å². The average Bonchev–Trinajstić information content (AvgIpc) is 1.85. The van der Waals surface area contributed by atoms with E-state index in [0.29, 0.717) is 0 Å². The Labute approximate surface area is 69.8 Å². The normalized spacial score (nSPS) is 21.0. The first-order valence-electron chi connectivity index (χ1n) is 4.23. The predicted octanol–water partition coefficient (Wildman–Crippen LogP) is 1.38. The lowest BCUT2D eigenvalue weighted by molar-refractivity contribution is 0.0467. The quantitative estimate of drug-likeness (QED) is 0.653. The molecule has 0 aliphatic rings. The van der Waals surface area contributed by atoms with Gasteiger partial charge in [0.05, 0.1) is 6.10 Å². The Hall–Kier alpha value is -0.0800. The Balaban J connectivity index is 4.29. The molecule has 68 valence electrons. The van der Waals surface area contributed by atoms with Gasteiger partial charge >= 0.3 is 0 Å². The fourth-order valence-electron chi connectivity index (χ4n) is 1.04. The van der Waals surface area contributed by atoms with Gasteiger partial charge in [-0.1, -0.05) is 20.8 Å². The van der Waals surface area contributed by atoms with Crippen LogP contribution < -0.4 is 5.73 Å². The molecule has 3 N–H and O–H groups in total. The van der Waals surface area contributed by atoms with Crippen molar-refractivity contribution in [2.24, 2.45) is 17.1 Å². The summed E-state index contributed by atoms with van der Waals surface area (Å²) < 4.78 is 0. The maximum absolute atomic E-state index is 9.35. The Kier molecular flexibility index (Phi) is 3.52. The molecule has 0 aliphatic heterocycles. The van der Waals surface area contributed by atoms with Gasteiger partial charge in [0.2, 0.25) is 0 Å². The highest BCUT2D eigenvalue weighted by molar-refractivity contribution is 4.85. The summed E-state index contributed by atoms with van der Waals surface area (Å²) in [7, 11) is 0. The van der Waals surface area contributed by atoms with Gasteiger partial charge in [0.15, 0.2) is 0 Å². The third-order valence-corrected chi connectivity index (χ3v) is 3.07. The number of nitrogens with two attached hydrogens (primary N) is 1. The zero-order valence-electron chi connectivity index (χ0n) is 8.26. The van der Waals surface area contributed by atoms with Crippen LogP contribution in [0.1, 0.15) is 34.6 Å². The van der Waals surface area contributed by atoms with Gasteiger partial charge in [-0.3, -0.25) is 0 Å².